The lowest BCUT2D eigenvalue weighted by Gasteiger charge is -2.14. The van der Waals surface area contributed by atoms with Crippen molar-refractivity contribution in [3.05, 3.63) is 77.1 Å². The van der Waals surface area contributed by atoms with E-state index in [-0.39, 0.29) is 31.6 Å². The van der Waals surface area contributed by atoms with Crippen LogP contribution in [-0.2, 0) is 24.4 Å². The van der Waals surface area contributed by atoms with E-state index < -0.39 is 5.97 Å². The zero-order chi connectivity index (χ0) is 22.0. The fourth-order valence-electron chi connectivity index (χ4n) is 3.69. The largest absolute Gasteiger partial charge is 0.489 e. The summed E-state index contributed by atoms with van der Waals surface area (Å²) in [6.45, 7) is 2.15. The maximum atomic E-state index is 15.0. The molecule has 160 valence electrons. The lowest BCUT2D eigenvalue weighted by atomic mass is 9.98. The van der Waals surface area contributed by atoms with Gasteiger partial charge in [0.15, 0.2) is 12.0 Å². The minimum Gasteiger partial charge on any atom is -0.489 e. The first-order valence-corrected chi connectivity index (χ1v) is 9.96. The van der Waals surface area contributed by atoms with Crippen LogP contribution in [0.3, 0.4) is 0 Å². The summed E-state index contributed by atoms with van der Waals surface area (Å²) in [6, 6.07) is 15.9. The number of carboxylic acid groups (broad SMARTS) is 1. The number of rotatable bonds is 7. The second-order valence-electron chi connectivity index (χ2n) is 7.37. The molecule has 4 N–H and O–H groups in total. The molecule has 1 heterocycles. The first-order chi connectivity index (χ1) is 15.0. The summed E-state index contributed by atoms with van der Waals surface area (Å²) in [5.41, 5.74) is 9.25. The highest BCUT2D eigenvalue weighted by atomic mass is 19.1. The van der Waals surface area contributed by atoms with Crippen LogP contribution in [0.5, 0.6) is 11.5 Å². The first kappa shape index (κ1) is 20.7. The van der Waals surface area contributed by atoms with E-state index in [0.29, 0.717) is 33.8 Å². The predicted molar refractivity (Wildman–Crippen MR) is 116 cm³/mol. The molecular weight excluding hydrogens is 399 g/mol. The Morgan fingerprint density at radius 3 is 2.71 bits per heavy atom. The van der Waals surface area contributed by atoms with Gasteiger partial charge in [-0.2, -0.15) is 0 Å². The van der Waals surface area contributed by atoms with Gasteiger partial charge in [0.2, 0.25) is 0 Å². The fourth-order valence-corrected chi connectivity index (χ4v) is 3.69. The molecule has 0 aromatic heterocycles. The monoisotopic (exact) mass is 422 g/mol. The maximum Gasteiger partial charge on any atom is 0.307 e. The molecule has 0 bridgehead atoms. The standard InChI is InChI=1S/C24H23FN2O4/c1-14-27-20-10-15(13-30-21-8-3-2-5-16(21)11-22(28)29)9-19(24(20)31-14)18-7-4-6-17(12-26)23(18)25/h2-10,14,27H,11-13,26H2,1H3,(H,28,29). The third-order valence-corrected chi connectivity index (χ3v) is 5.10. The highest BCUT2D eigenvalue weighted by molar-refractivity contribution is 5.81. The number of para-hydroxylation sites is 1. The Morgan fingerprint density at radius 1 is 1.16 bits per heavy atom. The van der Waals surface area contributed by atoms with E-state index >= 15 is 4.39 Å². The molecule has 0 fully saturated rings. The van der Waals surface area contributed by atoms with Crippen LogP contribution in [0, 0.1) is 5.82 Å². The molecule has 3 aromatic carbocycles. The lowest BCUT2D eigenvalue weighted by Crippen LogP contribution is -2.14. The van der Waals surface area contributed by atoms with Crippen molar-refractivity contribution in [1.82, 2.24) is 0 Å². The molecule has 31 heavy (non-hydrogen) atoms. The summed E-state index contributed by atoms with van der Waals surface area (Å²) < 4.78 is 26.9. The van der Waals surface area contributed by atoms with E-state index in [0.717, 1.165) is 11.3 Å². The average molecular weight is 422 g/mol. The molecule has 0 saturated carbocycles. The third-order valence-electron chi connectivity index (χ3n) is 5.10. The summed E-state index contributed by atoms with van der Waals surface area (Å²) in [4.78, 5) is 11.1. The summed E-state index contributed by atoms with van der Waals surface area (Å²) >= 11 is 0. The Kier molecular flexibility index (Phi) is 5.77. The summed E-state index contributed by atoms with van der Waals surface area (Å²) in [6.07, 6.45) is -0.378. The number of carbonyl (C=O) groups is 1. The maximum absolute atomic E-state index is 15.0. The van der Waals surface area contributed by atoms with Gasteiger partial charge in [-0.1, -0.05) is 36.4 Å². The predicted octanol–water partition coefficient (Wildman–Crippen LogP) is 4.31. The molecule has 0 amide bonds. The normalized spacial score (nSPS) is 14.5. The van der Waals surface area contributed by atoms with Crippen LogP contribution in [0.15, 0.2) is 54.6 Å². The molecule has 1 aliphatic heterocycles. The topological polar surface area (TPSA) is 93.8 Å². The lowest BCUT2D eigenvalue weighted by molar-refractivity contribution is -0.136. The van der Waals surface area contributed by atoms with Gasteiger partial charge in [0, 0.05) is 28.8 Å². The zero-order valence-corrected chi connectivity index (χ0v) is 17.0. The third kappa shape index (κ3) is 4.32. The first-order valence-electron chi connectivity index (χ1n) is 9.96. The minimum absolute atomic E-state index is 0.0978. The van der Waals surface area contributed by atoms with Gasteiger partial charge in [0.05, 0.1) is 12.1 Å². The Labute approximate surface area is 179 Å². The second kappa shape index (κ2) is 8.65. The van der Waals surface area contributed by atoms with Crippen molar-refractivity contribution >= 4 is 11.7 Å². The van der Waals surface area contributed by atoms with Gasteiger partial charge in [-0.3, -0.25) is 4.79 Å². The number of benzene rings is 3. The van der Waals surface area contributed by atoms with E-state index in [4.69, 9.17) is 20.3 Å². The van der Waals surface area contributed by atoms with Crippen molar-refractivity contribution in [2.75, 3.05) is 5.32 Å². The van der Waals surface area contributed by atoms with Crippen LogP contribution in [-0.4, -0.2) is 17.3 Å². The highest BCUT2D eigenvalue weighted by Gasteiger charge is 2.25. The van der Waals surface area contributed by atoms with E-state index in [1.165, 1.54) is 0 Å². The molecule has 4 rings (SSSR count). The minimum atomic E-state index is -0.929. The zero-order valence-electron chi connectivity index (χ0n) is 17.0. The Hall–Kier alpha value is -3.58. The van der Waals surface area contributed by atoms with Gasteiger partial charge in [-0.15, -0.1) is 0 Å². The van der Waals surface area contributed by atoms with Crippen molar-refractivity contribution in [3.63, 3.8) is 0 Å². The number of nitrogens with two attached hydrogens (primary N) is 1. The number of nitrogens with one attached hydrogen (secondary N) is 1. The number of halogens is 1. The van der Waals surface area contributed by atoms with Crippen molar-refractivity contribution in [2.45, 2.75) is 32.7 Å². The van der Waals surface area contributed by atoms with E-state index in [2.05, 4.69) is 5.32 Å². The molecule has 1 unspecified atom stereocenters. The van der Waals surface area contributed by atoms with Crippen LogP contribution in [0.2, 0.25) is 0 Å². The van der Waals surface area contributed by atoms with E-state index in [1.807, 2.05) is 19.1 Å². The fraction of sp³-hybridized carbons (Fsp3) is 0.208. The van der Waals surface area contributed by atoms with Crippen LogP contribution in [0.1, 0.15) is 23.6 Å². The van der Waals surface area contributed by atoms with Gasteiger partial charge in [0.1, 0.15) is 18.2 Å². The summed E-state index contributed by atoms with van der Waals surface area (Å²) in [7, 11) is 0. The van der Waals surface area contributed by atoms with Crippen molar-refractivity contribution in [1.29, 1.82) is 0 Å². The molecule has 0 aliphatic carbocycles. The van der Waals surface area contributed by atoms with E-state index in [1.54, 1.807) is 42.5 Å². The van der Waals surface area contributed by atoms with Crippen molar-refractivity contribution in [3.8, 4) is 22.6 Å². The molecule has 0 saturated heterocycles. The van der Waals surface area contributed by atoms with Gasteiger partial charge >= 0.3 is 5.97 Å². The summed E-state index contributed by atoms with van der Waals surface area (Å²) in [5.74, 6) is -0.224. The average Bonchev–Trinajstić information content (AvgIpc) is 3.12. The molecule has 0 radical (unpaired) electrons. The van der Waals surface area contributed by atoms with Gasteiger partial charge in [0.25, 0.3) is 0 Å². The Balaban J connectivity index is 1.69. The van der Waals surface area contributed by atoms with Gasteiger partial charge < -0.3 is 25.6 Å². The van der Waals surface area contributed by atoms with Crippen LogP contribution >= 0.6 is 0 Å². The van der Waals surface area contributed by atoms with Crippen LogP contribution < -0.4 is 20.5 Å². The number of fused-ring (bicyclic) bond motifs is 1. The molecule has 0 spiro atoms. The van der Waals surface area contributed by atoms with Gasteiger partial charge in [-0.05, 0) is 30.7 Å². The smallest absolute Gasteiger partial charge is 0.307 e. The van der Waals surface area contributed by atoms with Crippen molar-refractivity contribution < 1.29 is 23.8 Å². The summed E-state index contributed by atoms with van der Waals surface area (Å²) in [5, 5.41) is 12.3. The SMILES string of the molecule is CC1Nc2cc(COc3ccccc3CC(=O)O)cc(-c3cccc(CN)c3F)c2O1. The number of ether oxygens (including phenoxy) is 2. The molecular formula is C24H23FN2O4. The molecule has 6 nitrogen and oxygen atoms in total. The molecule has 1 atom stereocenters. The number of aliphatic carboxylic acids is 1. The molecule has 7 heteroatoms. The Morgan fingerprint density at radius 2 is 1.94 bits per heavy atom. The molecule has 1 aliphatic rings. The number of carboxylic acids is 1. The highest BCUT2D eigenvalue weighted by Crippen LogP contribution is 2.43. The second-order valence-corrected chi connectivity index (χ2v) is 7.37. The van der Waals surface area contributed by atoms with Crippen LogP contribution in [0.4, 0.5) is 10.1 Å². The van der Waals surface area contributed by atoms with Gasteiger partial charge in [-0.25, -0.2) is 4.39 Å². The number of hydrogen-bond acceptors (Lipinski definition) is 5. The number of anilines is 1. The van der Waals surface area contributed by atoms with Crippen molar-refractivity contribution in [2.24, 2.45) is 5.73 Å². The number of hydrogen-bond donors (Lipinski definition) is 3. The van der Waals surface area contributed by atoms with Crippen LogP contribution in [0.25, 0.3) is 11.1 Å². The van der Waals surface area contributed by atoms with E-state index in [9.17, 15) is 4.79 Å². The quantitative estimate of drug-likeness (QED) is 0.525. The Bertz CT molecular complexity index is 1130. The molecule has 3 aromatic rings.